The monoisotopic (exact) mass is 355 g/mol. The van der Waals surface area contributed by atoms with Gasteiger partial charge < -0.3 is 20.7 Å². The SMILES string of the molecule is CC(C)(C)OC(=O)NCCC(=O)NCCCNC(=O)C1CCCCC1. The quantitative estimate of drug-likeness (QED) is 0.581. The summed E-state index contributed by atoms with van der Waals surface area (Å²) in [6.45, 7) is 6.67. The smallest absolute Gasteiger partial charge is 0.407 e. The van der Waals surface area contributed by atoms with E-state index in [-0.39, 0.29) is 30.7 Å². The van der Waals surface area contributed by atoms with Gasteiger partial charge >= 0.3 is 6.09 Å². The van der Waals surface area contributed by atoms with Crippen molar-refractivity contribution in [2.45, 2.75) is 71.3 Å². The van der Waals surface area contributed by atoms with Crippen LogP contribution in [0.3, 0.4) is 0 Å². The van der Waals surface area contributed by atoms with Crippen LogP contribution in [0.15, 0.2) is 0 Å². The molecule has 1 saturated carbocycles. The van der Waals surface area contributed by atoms with Gasteiger partial charge in [0.2, 0.25) is 11.8 Å². The van der Waals surface area contributed by atoms with Crippen molar-refractivity contribution >= 4 is 17.9 Å². The second-order valence-corrected chi connectivity index (χ2v) is 7.51. The van der Waals surface area contributed by atoms with Crippen LogP contribution in [0.25, 0.3) is 0 Å². The van der Waals surface area contributed by atoms with E-state index in [0.29, 0.717) is 19.5 Å². The third-order valence-corrected chi connectivity index (χ3v) is 3.97. The normalized spacial score (nSPS) is 15.3. The topological polar surface area (TPSA) is 96.5 Å². The number of carbonyl (C=O) groups is 3. The first-order valence-corrected chi connectivity index (χ1v) is 9.29. The van der Waals surface area contributed by atoms with E-state index in [9.17, 15) is 14.4 Å². The molecule has 144 valence electrons. The van der Waals surface area contributed by atoms with Gasteiger partial charge in [0, 0.05) is 32.0 Å². The molecule has 7 heteroatoms. The number of amides is 3. The Morgan fingerprint density at radius 1 is 0.920 bits per heavy atom. The van der Waals surface area contributed by atoms with E-state index < -0.39 is 11.7 Å². The van der Waals surface area contributed by atoms with Crippen molar-refractivity contribution in [1.82, 2.24) is 16.0 Å². The number of alkyl carbamates (subject to hydrolysis) is 1. The Morgan fingerprint density at radius 2 is 1.56 bits per heavy atom. The number of hydrogen-bond donors (Lipinski definition) is 3. The molecule has 0 bridgehead atoms. The third-order valence-electron chi connectivity index (χ3n) is 3.97. The molecule has 3 amide bonds. The molecule has 0 aromatic rings. The minimum absolute atomic E-state index is 0.130. The molecule has 25 heavy (non-hydrogen) atoms. The van der Waals surface area contributed by atoms with Crippen molar-refractivity contribution in [3.8, 4) is 0 Å². The molecule has 0 unspecified atom stereocenters. The lowest BCUT2D eigenvalue weighted by molar-refractivity contribution is -0.125. The van der Waals surface area contributed by atoms with Gasteiger partial charge in [-0.1, -0.05) is 19.3 Å². The molecule has 0 aromatic heterocycles. The summed E-state index contributed by atoms with van der Waals surface area (Å²) in [4.78, 5) is 35.0. The lowest BCUT2D eigenvalue weighted by Crippen LogP contribution is -2.36. The summed E-state index contributed by atoms with van der Waals surface area (Å²) >= 11 is 0. The highest BCUT2D eigenvalue weighted by Gasteiger charge is 2.20. The lowest BCUT2D eigenvalue weighted by atomic mass is 9.89. The van der Waals surface area contributed by atoms with Gasteiger partial charge in [-0.25, -0.2) is 4.79 Å². The molecule has 0 aliphatic heterocycles. The molecule has 0 heterocycles. The summed E-state index contributed by atoms with van der Waals surface area (Å²) in [7, 11) is 0. The minimum Gasteiger partial charge on any atom is -0.444 e. The van der Waals surface area contributed by atoms with Crippen LogP contribution < -0.4 is 16.0 Å². The van der Waals surface area contributed by atoms with E-state index in [0.717, 1.165) is 25.7 Å². The van der Waals surface area contributed by atoms with Gasteiger partial charge in [-0.2, -0.15) is 0 Å². The van der Waals surface area contributed by atoms with Crippen LogP contribution in [0.5, 0.6) is 0 Å². The van der Waals surface area contributed by atoms with Gasteiger partial charge in [-0.3, -0.25) is 9.59 Å². The second kappa shape index (κ2) is 10.9. The number of nitrogens with one attached hydrogen (secondary N) is 3. The molecular weight excluding hydrogens is 322 g/mol. The van der Waals surface area contributed by atoms with E-state index in [1.165, 1.54) is 6.42 Å². The maximum Gasteiger partial charge on any atom is 0.407 e. The molecule has 1 aliphatic rings. The predicted octanol–water partition coefficient (Wildman–Crippen LogP) is 2.10. The Bertz CT molecular complexity index is 440. The zero-order valence-electron chi connectivity index (χ0n) is 15.8. The molecule has 0 radical (unpaired) electrons. The van der Waals surface area contributed by atoms with Crippen LogP contribution in [0.1, 0.15) is 65.7 Å². The molecule has 1 fully saturated rings. The standard InChI is InChI=1S/C18H33N3O4/c1-18(2,3)25-17(24)21-13-10-15(22)19-11-7-12-20-16(23)14-8-5-4-6-9-14/h14H,4-13H2,1-3H3,(H,19,22)(H,20,23)(H,21,24). The Labute approximate surface area is 150 Å². The highest BCUT2D eigenvalue weighted by molar-refractivity contribution is 5.78. The number of ether oxygens (including phenoxy) is 1. The van der Waals surface area contributed by atoms with Crippen molar-refractivity contribution in [2.75, 3.05) is 19.6 Å². The summed E-state index contributed by atoms with van der Waals surface area (Å²) in [5.41, 5.74) is -0.547. The predicted molar refractivity (Wildman–Crippen MR) is 96.1 cm³/mol. The average Bonchev–Trinajstić information content (AvgIpc) is 2.53. The first-order valence-electron chi connectivity index (χ1n) is 9.29. The van der Waals surface area contributed by atoms with Crippen molar-refractivity contribution in [3.05, 3.63) is 0 Å². The summed E-state index contributed by atoms with van der Waals surface area (Å²) in [6.07, 6.45) is 5.89. The van der Waals surface area contributed by atoms with E-state index >= 15 is 0 Å². The highest BCUT2D eigenvalue weighted by atomic mass is 16.6. The number of carbonyl (C=O) groups excluding carboxylic acids is 3. The fourth-order valence-electron chi connectivity index (χ4n) is 2.72. The fourth-order valence-corrected chi connectivity index (χ4v) is 2.72. The van der Waals surface area contributed by atoms with Crippen molar-refractivity contribution < 1.29 is 19.1 Å². The molecule has 3 N–H and O–H groups in total. The first-order chi connectivity index (χ1) is 11.8. The molecule has 0 spiro atoms. The van der Waals surface area contributed by atoms with Gasteiger partial charge in [-0.05, 0) is 40.0 Å². The highest BCUT2D eigenvalue weighted by Crippen LogP contribution is 2.23. The fraction of sp³-hybridized carbons (Fsp3) is 0.833. The van der Waals surface area contributed by atoms with Gasteiger partial charge in [0.1, 0.15) is 5.60 Å². The lowest BCUT2D eigenvalue weighted by Gasteiger charge is -2.20. The first kappa shape index (κ1) is 21.3. The van der Waals surface area contributed by atoms with Crippen LogP contribution >= 0.6 is 0 Å². The second-order valence-electron chi connectivity index (χ2n) is 7.51. The zero-order chi connectivity index (χ0) is 18.7. The van der Waals surface area contributed by atoms with Gasteiger partial charge in [0.25, 0.3) is 0 Å². The summed E-state index contributed by atoms with van der Waals surface area (Å²) < 4.78 is 5.08. The van der Waals surface area contributed by atoms with E-state index in [1.54, 1.807) is 20.8 Å². The van der Waals surface area contributed by atoms with Crippen LogP contribution in [0.2, 0.25) is 0 Å². The van der Waals surface area contributed by atoms with Gasteiger partial charge in [0.05, 0.1) is 0 Å². The van der Waals surface area contributed by atoms with Crippen molar-refractivity contribution in [3.63, 3.8) is 0 Å². The Morgan fingerprint density at radius 3 is 2.20 bits per heavy atom. The number of hydrogen-bond acceptors (Lipinski definition) is 4. The minimum atomic E-state index is -0.547. The molecule has 1 aliphatic carbocycles. The summed E-state index contributed by atoms with van der Waals surface area (Å²) in [5.74, 6) is 0.185. The number of rotatable bonds is 8. The average molecular weight is 355 g/mol. The molecule has 0 atom stereocenters. The molecular formula is C18H33N3O4. The summed E-state index contributed by atoms with van der Waals surface area (Å²) in [6, 6.07) is 0. The van der Waals surface area contributed by atoms with Gasteiger partial charge in [-0.15, -0.1) is 0 Å². The Hall–Kier alpha value is -1.79. The van der Waals surface area contributed by atoms with E-state index in [4.69, 9.17) is 4.74 Å². The maximum absolute atomic E-state index is 11.9. The molecule has 0 saturated heterocycles. The van der Waals surface area contributed by atoms with Crippen LogP contribution in [0, 0.1) is 5.92 Å². The third kappa shape index (κ3) is 10.6. The Kier molecular flexibility index (Phi) is 9.31. The van der Waals surface area contributed by atoms with Crippen LogP contribution in [-0.2, 0) is 14.3 Å². The molecule has 7 nitrogen and oxygen atoms in total. The van der Waals surface area contributed by atoms with E-state index in [2.05, 4.69) is 16.0 Å². The maximum atomic E-state index is 11.9. The molecule has 1 rings (SSSR count). The molecule has 0 aromatic carbocycles. The van der Waals surface area contributed by atoms with Crippen molar-refractivity contribution in [1.29, 1.82) is 0 Å². The van der Waals surface area contributed by atoms with Crippen LogP contribution in [-0.4, -0.2) is 43.1 Å². The Balaban J connectivity index is 1.99. The zero-order valence-corrected chi connectivity index (χ0v) is 15.8. The van der Waals surface area contributed by atoms with Crippen LogP contribution in [0.4, 0.5) is 4.79 Å². The largest absolute Gasteiger partial charge is 0.444 e. The summed E-state index contributed by atoms with van der Waals surface area (Å²) in [5, 5.41) is 8.26. The van der Waals surface area contributed by atoms with Gasteiger partial charge in [0.15, 0.2) is 0 Å². The van der Waals surface area contributed by atoms with E-state index in [1.807, 2.05) is 0 Å². The van der Waals surface area contributed by atoms with Crippen molar-refractivity contribution in [2.24, 2.45) is 5.92 Å².